The van der Waals surface area contributed by atoms with Gasteiger partial charge in [-0.25, -0.2) is 4.79 Å². The normalized spacial score (nSPS) is 19.3. The minimum atomic E-state index is -0.784. The lowest BCUT2D eigenvalue weighted by molar-refractivity contribution is -0.170. The quantitative estimate of drug-likeness (QED) is 0.349. The number of phenols is 1. The highest BCUT2D eigenvalue weighted by molar-refractivity contribution is 7.59. The summed E-state index contributed by atoms with van der Waals surface area (Å²) in [6.45, 7) is 4.79. The molecule has 2 aliphatic heterocycles. The van der Waals surface area contributed by atoms with Crippen LogP contribution in [-0.2, 0) is 29.1 Å². The molecule has 8 nitrogen and oxygen atoms in total. The van der Waals surface area contributed by atoms with Gasteiger partial charge in [0.15, 0.2) is 0 Å². The SMILES string of the molecule is C.C=CC[C@@H]1CC(=O)N2[C@H](CN(Cc3ccccc3)C(=O)[C@@H]2Cc2ccc(O)cc2)N1C(=O)NCc1ccccc1.S.S. The van der Waals surface area contributed by atoms with E-state index in [2.05, 4.69) is 11.9 Å². The van der Waals surface area contributed by atoms with Crippen molar-refractivity contribution < 1.29 is 19.5 Å². The molecule has 43 heavy (non-hydrogen) atoms. The lowest BCUT2D eigenvalue weighted by Gasteiger charge is -2.54. The van der Waals surface area contributed by atoms with E-state index in [-0.39, 0.29) is 83.4 Å². The Balaban J connectivity index is 0.00000215. The predicted octanol–water partition coefficient (Wildman–Crippen LogP) is 4.92. The maximum absolute atomic E-state index is 13.9. The summed E-state index contributed by atoms with van der Waals surface area (Å²) >= 11 is 0. The Kier molecular flexibility index (Phi) is 13.2. The monoisotopic (exact) mass is 622 g/mol. The molecule has 0 bridgehead atoms. The van der Waals surface area contributed by atoms with Crippen LogP contribution in [0.4, 0.5) is 4.79 Å². The van der Waals surface area contributed by atoms with Crippen molar-refractivity contribution in [2.24, 2.45) is 0 Å². The molecule has 3 aromatic carbocycles. The van der Waals surface area contributed by atoms with Crippen molar-refractivity contribution >= 4 is 44.8 Å². The average molecular weight is 623 g/mol. The maximum atomic E-state index is 13.9. The molecule has 230 valence electrons. The van der Waals surface area contributed by atoms with E-state index < -0.39 is 12.2 Å². The van der Waals surface area contributed by atoms with Gasteiger partial charge in [0.25, 0.3) is 0 Å². The van der Waals surface area contributed by atoms with Gasteiger partial charge < -0.3 is 20.2 Å². The van der Waals surface area contributed by atoms with Crippen molar-refractivity contribution in [3.63, 3.8) is 0 Å². The van der Waals surface area contributed by atoms with Gasteiger partial charge in [0, 0.05) is 32.0 Å². The molecule has 2 fully saturated rings. The Hall–Kier alpha value is -3.89. The Morgan fingerprint density at radius 3 is 2.12 bits per heavy atom. The first-order valence-electron chi connectivity index (χ1n) is 13.6. The first kappa shape index (κ1) is 35.3. The highest BCUT2D eigenvalue weighted by atomic mass is 32.1. The van der Waals surface area contributed by atoms with Gasteiger partial charge in [-0.1, -0.05) is 86.3 Å². The Bertz CT molecular complexity index is 1360. The Morgan fingerprint density at radius 2 is 1.51 bits per heavy atom. The number of carbonyl (C=O) groups excluding carboxylic acids is 3. The Morgan fingerprint density at radius 1 is 0.907 bits per heavy atom. The number of nitrogens with zero attached hydrogens (tertiary/aromatic N) is 3. The number of nitrogens with one attached hydrogen (secondary N) is 1. The van der Waals surface area contributed by atoms with E-state index in [1.807, 2.05) is 60.7 Å². The van der Waals surface area contributed by atoms with Crippen LogP contribution in [0.5, 0.6) is 5.75 Å². The van der Waals surface area contributed by atoms with Gasteiger partial charge >= 0.3 is 6.03 Å². The van der Waals surface area contributed by atoms with Crippen LogP contribution in [0.2, 0.25) is 0 Å². The molecule has 10 heteroatoms. The zero-order chi connectivity index (χ0) is 28.1. The second kappa shape index (κ2) is 16.1. The van der Waals surface area contributed by atoms with Crippen LogP contribution < -0.4 is 5.32 Å². The van der Waals surface area contributed by atoms with Gasteiger partial charge in [0.05, 0.1) is 6.54 Å². The summed E-state index contributed by atoms with van der Waals surface area (Å²) in [7, 11) is 0. The van der Waals surface area contributed by atoms with Crippen molar-refractivity contribution in [3.05, 3.63) is 114 Å². The van der Waals surface area contributed by atoms with Crippen LogP contribution in [0.25, 0.3) is 0 Å². The molecule has 0 unspecified atom stereocenters. The topological polar surface area (TPSA) is 93.2 Å². The van der Waals surface area contributed by atoms with E-state index in [0.717, 1.165) is 16.7 Å². The van der Waals surface area contributed by atoms with E-state index in [1.165, 1.54) is 0 Å². The van der Waals surface area contributed by atoms with Gasteiger partial charge in [0.2, 0.25) is 11.8 Å². The maximum Gasteiger partial charge on any atom is 0.319 e. The summed E-state index contributed by atoms with van der Waals surface area (Å²) < 4.78 is 0. The van der Waals surface area contributed by atoms with E-state index >= 15 is 0 Å². The molecular weight excluding hydrogens is 581 g/mol. The standard InChI is InChI=1S/C32H34N4O4.CH4.2H2S/c1-2-9-26-19-30(38)36-28(18-23-14-16-27(37)17-15-23)31(39)34(21-25-12-7-4-8-13-25)22-29(36)35(26)32(40)33-20-24-10-5-3-6-11-24;;;/h2-8,10-17,26,28-29,37H,1,9,18-22H2,(H,33,40);1H4;2*1H2/t26-,28+,29-;;;/m1.../s1. The summed E-state index contributed by atoms with van der Waals surface area (Å²) in [5.41, 5.74) is 2.76. The summed E-state index contributed by atoms with van der Waals surface area (Å²) in [5, 5.41) is 12.8. The van der Waals surface area contributed by atoms with Crippen molar-refractivity contribution in [1.82, 2.24) is 20.0 Å². The molecule has 4 amide bonds. The summed E-state index contributed by atoms with van der Waals surface area (Å²) in [5.74, 6) is -0.182. The zero-order valence-electron chi connectivity index (χ0n) is 23.4. The number of amides is 4. The molecule has 2 N–H and O–H groups in total. The van der Waals surface area contributed by atoms with Crippen LogP contribution in [0.15, 0.2) is 97.6 Å². The Labute approximate surface area is 268 Å². The predicted molar refractivity (Wildman–Crippen MR) is 179 cm³/mol. The number of hydrogen-bond donors (Lipinski definition) is 2. The van der Waals surface area contributed by atoms with E-state index in [1.54, 1.807) is 45.0 Å². The average Bonchev–Trinajstić information content (AvgIpc) is 2.96. The molecule has 2 heterocycles. The zero-order valence-corrected chi connectivity index (χ0v) is 25.4. The lowest BCUT2D eigenvalue weighted by Crippen LogP contribution is -2.74. The first-order valence-corrected chi connectivity index (χ1v) is 13.6. The number of urea groups is 1. The number of aromatic hydroxyl groups is 1. The van der Waals surface area contributed by atoms with Crippen LogP contribution in [0.3, 0.4) is 0 Å². The van der Waals surface area contributed by atoms with Crippen LogP contribution in [0.1, 0.15) is 37.0 Å². The molecule has 2 saturated heterocycles. The molecule has 0 radical (unpaired) electrons. The second-order valence-electron chi connectivity index (χ2n) is 10.3. The molecule has 5 rings (SSSR count). The highest BCUT2D eigenvalue weighted by Gasteiger charge is 2.51. The van der Waals surface area contributed by atoms with Gasteiger partial charge in [-0.2, -0.15) is 27.0 Å². The summed E-state index contributed by atoms with van der Waals surface area (Å²) in [6, 6.07) is 24.6. The number of hydrogen-bond acceptors (Lipinski definition) is 4. The molecule has 0 aromatic heterocycles. The molecule has 2 aliphatic rings. The number of rotatable bonds is 8. The molecule has 0 spiro atoms. The van der Waals surface area contributed by atoms with Crippen molar-refractivity contribution in [1.29, 1.82) is 0 Å². The summed E-state index contributed by atoms with van der Waals surface area (Å²) in [4.78, 5) is 46.5. The van der Waals surface area contributed by atoms with E-state index in [4.69, 9.17) is 0 Å². The van der Waals surface area contributed by atoms with Crippen LogP contribution >= 0.6 is 27.0 Å². The van der Waals surface area contributed by atoms with Crippen LogP contribution in [-0.4, -0.2) is 62.4 Å². The van der Waals surface area contributed by atoms with E-state index in [9.17, 15) is 19.5 Å². The molecule has 3 atom stereocenters. The number of carbonyl (C=O) groups is 3. The molecular formula is C33H42N4O4S2. The van der Waals surface area contributed by atoms with Gasteiger partial charge in [-0.3, -0.25) is 14.5 Å². The fourth-order valence-electron chi connectivity index (χ4n) is 5.67. The number of fused-ring (bicyclic) bond motifs is 1. The fourth-order valence-corrected chi connectivity index (χ4v) is 5.67. The number of benzene rings is 3. The first-order chi connectivity index (χ1) is 19.4. The van der Waals surface area contributed by atoms with Crippen molar-refractivity contribution in [2.45, 2.75) is 58.0 Å². The minimum absolute atomic E-state index is 0. The van der Waals surface area contributed by atoms with Gasteiger partial charge in [0.1, 0.15) is 18.0 Å². The molecule has 0 saturated carbocycles. The van der Waals surface area contributed by atoms with Gasteiger partial charge in [-0.05, 0) is 35.2 Å². The largest absolute Gasteiger partial charge is 0.508 e. The van der Waals surface area contributed by atoms with Crippen molar-refractivity contribution in [3.8, 4) is 5.75 Å². The minimum Gasteiger partial charge on any atom is -0.508 e. The number of phenolic OH excluding ortho intramolecular Hbond substituents is 1. The van der Waals surface area contributed by atoms with Crippen molar-refractivity contribution in [2.75, 3.05) is 6.54 Å². The number of piperazine rings is 1. The second-order valence-corrected chi connectivity index (χ2v) is 10.3. The third kappa shape index (κ3) is 8.14. The molecule has 3 aromatic rings. The van der Waals surface area contributed by atoms with E-state index in [0.29, 0.717) is 19.5 Å². The summed E-state index contributed by atoms with van der Waals surface area (Å²) in [6.07, 6.45) is 1.95. The third-order valence-corrected chi connectivity index (χ3v) is 7.59. The lowest BCUT2D eigenvalue weighted by atomic mass is 9.94. The van der Waals surface area contributed by atoms with Gasteiger partial charge in [-0.15, -0.1) is 6.58 Å². The fraction of sp³-hybridized carbons (Fsp3) is 0.303. The molecule has 0 aliphatic carbocycles. The third-order valence-electron chi connectivity index (χ3n) is 7.59. The van der Waals surface area contributed by atoms with Crippen LogP contribution in [0, 0.1) is 0 Å². The smallest absolute Gasteiger partial charge is 0.319 e. The highest BCUT2D eigenvalue weighted by Crippen LogP contribution is 2.32.